The molecule has 3 amide bonds. The minimum Gasteiger partial charge on any atom is -0.352 e. The number of hydrogen-bond donors (Lipinski definition) is 2. The summed E-state index contributed by atoms with van der Waals surface area (Å²) in [5.41, 5.74) is 1.01. The molecule has 11 heteroatoms. The van der Waals surface area contributed by atoms with Gasteiger partial charge in [0.2, 0.25) is 5.91 Å². The van der Waals surface area contributed by atoms with E-state index >= 15 is 0 Å². The van der Waals surface area contributed by atoms with Gasteiger partial charge in [-0.15, -0.1) is 0 Å². The van der Waals surface area contributed by atoms with Gasteiger partial charge in [0.25, 0.3) is 0 Å². The Balaban J connectivity index is 1.51. The Hall–Kier alpha value is -4.43. The molecule has 1 aliphatic heterocycles. The number of nitrogens with zero attached hydrogens (tertiary/aromatic N) is 3. The lowest BCUT2D eigenvalue weighted by atomic mass is 10.0. The van der Waals surface area contributed by atoms with Gasteiger partial charge in [0.15, 0.2) is 0 Å². The van der Waals surface area contributed by atoms with Gasteiger partial charge in [0.05, 0.1) is 17.2 Å². The lowest BCUT2D eigenvalue weighted by Gasteiger charge is -2.25. The van der Waals surface area contributed by atoms with Gasteiger partial charge in [-0.3, -0.25) is 9.69 Å². The highest BCUT2D eigenvalue weighted by Crippen LogP contribution is 2.33. The summed E-state index contributed by atoms with van der Waals surface area (Å²) in [4.78, 5) is 28.3. The number of amides is 3. The van der Waals surface area contributed by atoms with Crippen LogP contribution in [-0.2, 0) is 11.0 Å². The largest absolute Gasteiger partial charge is 0.419 e. The summed E-state index contributed by atoms with van der Waals surface area (Å²) in [7, 11) is 0. The zero-order chi connectivity index (χ0) is 29.6. The van der Waals surface area contributed by atoms with Crippen LogP contribution in [0.2, 0.25) is 0 Å². The molecule has 3 aromatic rings. The number of anilines is 2. The van der Waals surface area contributed by atoms with E-state index in [1.54, 1.807) is 42.5 Å². The van der Waals surface area contributed by atoms with Crippen LogP contribution >= 0.6 is 0 Å². The Kier molecular flexibility index (Phi) is 9.24. The van der Waals surface area contributed by atoms with Gasteiger partial charge in [-0.2, -0.15) is 18.4 Å². The number of carbonyl (C=O) groups excluding carboxylic acids is 2. The van der Waals surface area contributed by atoms with Crippen LogP contribution in [0, 0.1) is 17.1 Å². The number of nitriles is 1. The summed E-state index contributed by atoms with van der Waals surface area (Å²) in [5, 5.41) is 14.6. The highest BCUT2D eigenvalue weighted by Gasteiger charge is 2.34. The molecule has 0 aliphatic carbocycles. The minimum absolute atomic E-state index is 0.0697. The fraction of sp³-hybridized carbons (Fsp3) is 0.300. The van der Waals surface area contributed by atoms with E-state index in [0.717, 1.165) is 30.2 Å². The number of urea groups is 1. The molecule has 214 valence electrons. The van der Waals surface area contributed by atoms with Crippen LogP contribution in [0.3, 0.4) is 0 Å². The Bertz CT molecular complexity index is 1440. The van der Waals surface area contributed by atoms with Gasteiger partial charge in [-0.1, -0.05) is 24.3 Å². The summed E-state index contributed by atoms with van der Waals surface area (Å²) < 4.78 is 53.4. The smallest absolute Gasteiger partial charge is 0.352 e. The average molecular weight is 568 g/mol. The van der Waals surface area contributed by atoms with Crippen LogP contribution in [0.25, 0.3) is 11.1 Å². The first-order valence-electron chi connectivity index (χ1n) is 13.1. The van der Waals surface area contributed by atoms with Crippen molar-refractivity contribution in [1.29, 1.82) is 5.26 Å². The van der Waals surface area contributed by atoms with Gasteiger partial charge in [-0.25, -0.2) is 9.18 Å². The van der Waals surface area contributed by atoms with Crippen molar-refractivity contribution in [1.82, 2.24) is 10.2 Å². The summed E-state index contributed by atoms with van der Waals surface area (Å²) in [6, 6.07) is 17.9. The fourth-order valence-electron chi connectivity index (χ4n) is 4.85. The second kappa shape index (κ2) is 12.8. The Morgan fingerprint density at radius 1 is 1.07 bits per heavy atom. The van der Waals surface area contributed by atoms with Crippen molar-refractivity contribution in [3.05, 3.63) is 83.7 Å². The van der Waals surface area contributed by atoms with E-state index in [4.69, 9.17) is 0 Å². The first-order valence-corrected chi connectivity index (χ1v) is 13.1. The zero-order valence-corrected chi connectivity index (χ0v) is 22.3. The summed E-state index contributed by atoms with van der Waals surface area (Å²) in [6.07, 6.45) is -3.53. The van der Waals surface area contributed by atoms with E-state index in [9.17, 15) is 32.4 Å². The average Bonchev–Trinajstić information content (AvgIpc) is 3.38. The Labute approximate surface area is 235 Å². The monoisotopic (exact) mass is 567 g/mol. The van der Waals surface area contributed by atoms with E-state index in [0.29, 0.717) is 42.9 Å². The van der Waals surface area contributed by atoms with E-state index in [-0.39, 0.29) is 24.2 Å². The van der Waals surface area contributed by atoms with Crippen LogP contribution in [0.4, 0.5) is 33.7 Å². The predicted molar refractivity (Wildman–Crippen MR) is 148 cm³/mol. The molecule has 1 atom stereocenters. The second-order valence-corrected chi connectivity index (χ2v) is 9.85. The number of benzene rings is 3. The predicted octanol–water partition coefficient (Wildman–Crippen LogP) is 6.02. The zero-order valence-electron chi connectivity index (χ0n) is 22.3. The highest BCUT2D eigenvalue weighted by molar-refractivity contribution is 6.02. The third-order valence-electron chi connectivity index (χ3n) is 6.81. The number of nitrogens with one attached hydrogen (secondary N) is 2. The van der Waals surface area contributed by atoms with Crippen LogP contribution in [-0.4, -0.2) is 49.1 Å². The molecular weight excluding hydrogens is 538 g/mol. The van der Waals surface area contributed by atoms with Gasteiger partial charge in [-0.05, 0) is 73.0 Å². The molecule has 1 aliphatic rings. The Morgan fingerprint density at radius 3 is 2.51 bits per heavy atom. The number of halogens is 4. The number of hydrogen-bond acceptors (Lipinski definition) is 4. The first kappa shape index (κ1) is 29.6. The van der Waals surface area contributed by atoms with Gasteiger partial charge >= 0.3 is 12.2 Å². The molecule has 0 spiro atoms. The maximum absolute atomic E-state index is 13.8. The van der Waals surface area contributed by atoms with Crippen LogP contribution in [0.5, 0.6) is 0 Å². The number of alkyl halides is 3. The maximum atomic E-state index is 13.8. The van der Waals surface area contributed by atoms with Crippen molar-refractivity contribution in [3.63, 3.8) is 0 Å². The molecule has 0 saturated carbocycles. The number of likely N-dealkylation sites (tertiary alicyclic amines) is 1. The van der Waals surface area contributed by atoms with Gasteiger partial charge < -0.3 is 15.5 Å². The van der Waals surface area contributed by atoms with E-state index in [1.807, 2.05) is 6.07 Å². The molecule has 0 bridgehead atoms. The van der Waals surface area contributed by atoms with Gasteiger partial charge in [0.1, 0.15) is 5.82 Å². The molecule has 3 aromatic carbocycles. The fourth-order valence-corrected chi connectivity index (χ4v) is 4.85. The molecule has 2 N–H and O–H groups in total. The van der Waals surface area contributed by atoms with Crippen molar-refractivity contribution >= 4 is 23.3 Å². The topological polar surface area (TPSA) is 88.5 Å². The first-order chi connectivity index (χ1) is 19.5. The quantitative estimate of drug-likeness (QED) is 0.326. The molecule has 0 unspecified atom stereocenters. The SMILES string of the molecule is CC(=O)N[C@@H]1CCN(CCCN(C(=O)Nc2ccc(F)c(C(F)(F)F)c2)c2ccc(-c3cccc(C#N)c3)cc2)C1. The molecule has 0 radical (unpaired) electrons. The van der Waals surface area contributed by atoms with Crippen molar-refractivity contribution in [2.75, 3.05) is 36.4 Å². The molecule has 1 saturated heterocycles. The molecule has 4 rings (SSSR count). The van der Waals surface area contributed by atoms with Crippen molar-refractivity contribution in [3.8, 4) is 17.2 Å². The normalized spacial score (nSPS) is 15.3. The van der Waals surface area contributed by atoms with E-state index in [2.05, 4.69) is 21.6 Å². The van der Waals surface area contributed by atoms with Crippen LogP contribution in [0.1, 0.15) is 30.9 Å². The highest BCUT2D eigenvalue weighted by atomic mass is 19.4. The Morgan fingerprint density at radius 2 is 1.83 bits per heavy atom. The second-order valence-electron chi connectivity index (χ2n) is 9.85. The summed E-state index contributed by atoms with van der Waals surface area (Å²) in [5.74, 6) is -1.51. The minimum atomic E-state index is -4.91. The molecular formula is C30H29F4N5O2. The number of carbonyl (C=O) groups is 2. The summed E-state index contributed by atoms with van der Waals surface area (Å²) in [6.45, 7) is 3.86. The van der Waals surface area contributed by atoms with E-state index < -0.39 is 23.6 Å². The van der Waals surface area contributed by atoms with Crippen molar-refractivity contribution < 1.29 is 27.2 Å². The van der Waals surface area contributed by atoms with Crippen LogP contribution in [0.15, 0.2) is 66.7 Å². The van der Waals surface area contributed by atoms with E-state index in [1.165, 1.54) is 11.8 Å². The lowest BCUT2D eigenvalue weighted by molar-refractivity contribution is -0.140. The molecule has 41 heavy (non-hydrogen) atoms. The third-order valence-corrected chi connectivity index (χ3v) is 6.81. The molecule has 1 fully saturated rings. The lowest BCUT2D eigenvalue weighted by Crippen LogP contribution is -2.38. The van der Waals surface area contributed by atoms with Gasteiger partial charge in [0, 0.05) is 44.0 Å². The van der Waals surface area contributed by atoms with Crippen molar-refractivity contribution in [2.24, 2.45) is 0 Å². The number of rotatable bonds is 8. The van der Waals surface area contributed by atoms with Crippen LogP contribution < -0.4 is 15.5 Å². The molecule has 7 nitrogen and oxygen atoms in total. The molecule has 1 heterocycles. The van der Waals surface area contributed by atoms with Crippen molar-refractivity contribution in [2.45, 2.75) is 32.0 Å². The third kappa shape index (κ3) is 7.83. The maximum Gasteiger partial charge on any atom is 0.419 e. The summed E-state index contributed by atoms with van der Waals surface area (Å²) >= 11 is 0. The molecule has 0 aromatic heterocycles. The standard InChI is InChI=1S/C30H29F4N5O2/c1-20(40)36-25-12-15-38(19-25)13-3-14-39(29(41)37-24-8-11-28(31)27(17-24)30(32,33)34)26-9-6-22(7-10-26)23-5-2-4-21(16-23)18-35/h2,4-11,16-17,25H,3,12-15,19H2,1H3,(H,36,40)(H,37,41)/t25-/m1/s1.